The Balaban J connectivity index is 1.87. The van der Waals surface area contributed by atoms with Crippen molar-refractivity contribution in [1.29, 1.82) is 0 Å². The van der Waals surface area contributed by atoms with Crippen LogP contribution in [0, 0.1) is 0 Å². The summed E-state index contributed by atoms with van der Waals surface area (Å²) in [6.07, 6.45) is 0.567. The topological polar surface area (TPSA) is 58.6 Å². The number of nitrogens with one attached hydrogen (secondary N) is 1. The van der Waals surface area contributed by atoms with E-state index >= 15 is 0 Å². The van der Waals surface area contributed by atoms with Crippen LogP contribution in [0.2, 0.25) is 0 Å². The van der Waals surface area contributed by atoms with Crippen LogP contribution in [0.3, 0.4) is 0 Å². The third kappa shape index (κ3) is 4.51. The Labute approximate surface area is 132 Å². The second-order valence-corrected chi connectivity index (χ2v) is 9.23. The molecule has 2 atom stereocenters. The van der Waals surface area contributed by atoms with Crippen molar-refractivity contribution in [3.05, 3.63) is 20.8 Å². The van der Waals surface area contributed by atoms with Crippen molar-refractivity contribution in [2.24, 2.45) is 0 Å². The summed E-state index contributed by atoms with van der Waals surface area (Å²) in [4.78, 5) is 1.16. The molecule has 0 spiro atoms. The molecule has 0 amide bonds. The fraction of sp³-hybridized carbons (Fsp3) is 0.667. The SMILES string of the molecule is CC1CN(S(=O)(=O)NCCc2ccc(Br)s2)CC(C)O1. The molecule has 114 valence electrons. The lowest BCUT2D eigenvalue weighted by Crippen LogP contribution is -2.52. The number of hydrogen-bond acceptors (Lipinski definition) is 4. The molecule has 8 heteroatoms. The molecule has 1 aliphatic heterocycles. The number of ether oxygens (including phenoxy) is 1. The van der Waals surface area contributed by atoms with Crippen LogP contribution in [0.4, 0.5) is 0 Å². The lowest BCUT2D eigenvalue weighted by molar-refractivity contribution is -0.0443. The van der Waals surface area contributed by atoms with Crippen molar-refractivity contribution in [3.8, 4) is 0 Å². The quantitative estimate of drug-likeness (QED) is 0.846. The summed E-state index contributed by atoms with van der Waals surface area (Å²) in [5, 5.41) is 0. The number of halogens is 1. The Morgan fingerprint density at radius 1 is 1.40 bits per heavy atom. The van der Waals surface area contributed by atoms with E-state index < -0.39 is 10.2 Å². The van der Waals surface area contributed by atoms with Crippen LogP contribution in [-0.4, -0.2) is 44.6 Å². The van der Waals surface area contributed by atoms with Gasteiger partial charge in [0.25, 0.3) is 10.2 Å². The monoisotopic (exact) mass is 382 g/mol. The van der Waals surface area contributed by atoms with Gasteiger partial charge in [0.1, 0.15) is 0 Å². The molecule has 1 aromatic heterocycles. The lowest BCUT2D eigenvalue weighted by Gasteiger charge is -2.34. The summed E-state index contributed by atoms with van der Waals surface area (Å²) in [6.45, 7) is 5.01. The van der Waals surface area contributed by atoms with Crippen LogP contribution < -0.4 is 4.72 Å². The Morgan fingerprint density at radius 2 is 2.05 bits per heavy atom. The van der Waals surface area contributed by atoms with Crippen molar-refractivity contribution in [1.82, 2.24) is 9.03 Å². The predicted molar refractivity (Wildman–Crippen MR) is 84.2 cm³/mol. The van der Waals surface area contributed by atoms with Gasteiger partial charge in [-0.2, -0.15) is 12.7 Å². The van der Waals surface area contributed by atoms with Gasteiger partial charge in [-0.25, -0.2) is 4.72 Å². The van der Waals surface area contributed by atoms with E-state index in [4.69, 9.17) is 4.74 Å². The van der Waals surface area contributed by atoms with Gasteiger partial charge in [0.2, 0.25) is 0 Å². The van der Waals surface area contributed by atoms with Crippen LogP contribution in [0.1, 0.15) is 18.7 Å². The normalized spacial score (nSPS) is 24.9. The van der Waals surface area contributed by atoms with Crippen molar-refractivity contribution in [2.45, 2.75) is 32.5 Å². The van der Waals surface area contributed by atoms with Gasteiger partial charge in [-0.15, -0.1) is 11.3 Å². The molecule has 1 N–H and O–H groups in total. The highest BCUT2D eigenvalue weighted by Crippen LogP contribution is 2.22. The molecule has 0 saturated carbocycles. The largest absolute Gasteiger partial charge is 0.373 e. The zero-order chi connectivity index (χ0) is 14.8. The molecule has 1 fully saturated rings. The fourth-order valence-electron chi connectivity index (χ4n) is 2.21. The van der Waals surface area contributed by atoms with E-state index in [-0.39, 0.29) is 12.2 Å². The zero-order valence-electron chi connectivity index (χ0n) is 11.5. The average Bonchev–Trinajstić information content (AvgIpc) is 2.73. The molecule has 2 unspecified atom stereocenters. The maximum absolute atomic E-state index is 12.2. The minimum absolute atomic E-state index is 0.0661. The maximum atomic E-state index is 12.2. The molecule has 20 heavy (non-hydrogen) atoms. The van der Waals surface area contributed by atoms with Crippen molar-refractivity contribution < 1.29 is 13.2 Å². The molecule has 2 rings (SSSR count). The zero-order valence-corrected chi connectivity index (χ0v) is 14.7. The van der Waals surface area contributed by atoms with E-state index in [1.54, 1.807) is 11.3 Å². The predicted octanol–water partition coefficient (Wildman–Crippen LogP) is 2.00. The van der Waals surface area contributed by atoms with Gasteiger partial charge in [-0.05, 0) is 48.3 Å². The molecular formula is C12H19BrN2O3S2. The van der Waals surface area contributed by atoms with Crippen LogP contribution in [0.25, 0.3) is 0 Å². The second-order valence-electron chi connectivity index (χ2n) is 4.93. The maximum Gasteiger partial charge on any atom is 0.279 e. The minimum atomic E-state index is -3.42. The highest BCUT2D eigenvalue weighted by molar-refractivity contribution is 9.11. The molecule has 0 aromatic carbocycles. The molecule has 0 aliphatic carbocycles. The van der Waals surface area contributed by atoms with Gasteiger partial charge in [0.15, 0.2) is 0 Å². The number of thiophene rings is 1. The third-order valence-electron chi connectivity index (χ3n) is 3.01. The van der Waals surface area contributed by atoms with Crippen LogP contribution >= 0.6 is 27.3 Å². The molecule has 5 nitrogen and oxygen atoms in total. The van der Waals surface area contributed by atoms with Crippen LogP contribution in [0.5, 0.6) is 0 Å². The molecule has 0 radical (unpaired) electrons. The van der Waals surface area contributed by atoms with Gasteiger partial charge in [0, 0.05) is 24.5 Å². The van der Waals surface area contributed by atoms with Crippen molar-refractivity contribution >= 4 is 37.5 Å². The van der Waals surface area contributed by atoms with Gasteiger partial charge in [-0.1, -0.05) is 0 Å². The van der Waals surface area contributed by atoms with Crippen molar-refractivity contribution in [3.63, 3.8) is 0 Å². The molecule has 2 heterocycles. The smallest absolute Gasteiger partial charge is 0.279 e. The summed E-state index contributed by atoms with van der Waals surface area (Å²) >= 11 is 5.02. The number of rotatable bonds is 5. The standard InChI is InChI=1S/C12H19BrN2O3S2/c1-9-7-15(8-10(2)18-9)20(16,17)14-6-5-11-3-4-12(13)19-11/h3-4,9-10,14H,5-8H2,1-2H3. The van der Waals surface area contributed by atoms with Gasteiger partial charge in [0.05, 0.1) is 16.0 Å². The lowest BCUT2D eigenvalue weighted by atomic mass is 10.3. The number of morpholine rings is 1. The minimum Gasteiger partial charge on any atom is -0.373 e. The first kappa shape index (κ1) is 16.4. The van der Waals surface area contributed by atoms with Gasteiger partial charge >= 0.3 is 0 Å². The summed E-state index contributed by atoms with van der Waals surface area (Å²) in [5.74, 6) is 0. The third-order valence-corrected chi connectivity index (χ3v) is 6.24. The molecular weight excluding hydrogens is 364 g/mol. The van der Waals surface area contributed by atoms with Gasteiger partial charge in [-0.3, -0.25) is 0 Å². The molecule has 0 bridgehead atoms. The van der Waals surface area contributed by atoms with Crippen molar-refractivity contribution in [2.75, 3.05) is 19.6 Å². The first-order valence-electron chi connectivity index (χ1n) is 6.51. The fourth-order valence-corrected chi connectivity index (χ4v) is 5.05. The van der Waals surface area contributed by atoms with Crippen LogP contribution in [0.15, 0.2) is 15.9 Å². The highest BCUT2D eigenvalue weighted by Gasteiger charge is 2.30. The summed E-state index contributed by atoms with van der Waals surface area (Å²) in [6, 6.07) is 3.97. The molecule has 1 aliphatic rings. The van der Waals surface area contributed by atoms with E-state index in [1.807, 2.05) is 26.0 Å². The highest BCUT2D eigenvalue weighted by atomic mass is 79.9. The Bertz CT molecular complexity index is 537. The van der Waals surface area contributed by atoms with Gasteiger partial charge < -0.3 is 4.74 Å². The van der Waals surface area contributed by atoms with E-state index in [1.165, 1.54) is 4.31 Å². The first-order chi connectivity index (χ1) is 9.37. The second kappa shape index (κ2) is 6.85. The summed E-state index contributed by atoms with van der Waals surface area (Å²) in [5.41, 5.74) is 0. The average molecular weight is 383 g/mol. The number of hydrogen-bond donors (Lipinski definition) is 1. The van der Waals surface area contributed by atoms with E-state index in [0.717, 1.165) is 8.66 Å². The van der Waals surface area contributed by atoms with E-state index in [0.29, 0.717) is 26.1 Å². The Morgan fingerprint density at radius 3 is 2.60 bits per heavy atom. The van der Waals surface area contributed by atoms with E-state index in [2.05, 4.69) is 20.7 Å². The first-order valence-corrected chi connectivity index (χ1v) is 9.56. The molecule has 1 aromatic rings. The summed E-state index contributed by atoms with van der Waals surface area (Å²) in [7, 11) is -3.42. The Hall–Kier alpha value is 0.01000. The Kier molecular flexibility index (Phi) is 5.61. The van der Waals surface area contributed by atoms with Crippen LogP contribution in [-0.2, 0) is 21.4 Å². The molecule has 1 saturated heterocycles. The number of nitrogens with zero attached hydrogens (tertiary/aromatic N) is 1. The van der Waals surface area contributed by atoms with E-state index in [9.17, 15) is 8.42 Å². The summed E-state index contributed by atoms with van der Waals surface area (Å²) < 4.78 is 35.2.